The highest BCUT2D eigenvalue weighted by molar-refractivity contribution is 6.11. The van der Waals surface area contributed by atoms with Gasteiger partial charge in [-0.25, -0.2) is 0 Å². The fraction of sp³-hybridized carbons (Fsp3) is 0.0233. The Morgan fingerprint density at radius 2 is 0.711 bits per heavy atom. The highest BCUT2D eigenvalue weighted by Crippen LogP contribution is 2.38. The second-order valence-corrected chi connectivity index (χ2v) is 11.9. The summed E-state index contributed by atoms with van der Waals surface area (Å²) in [7, 11) is 0. The minimum atomic E-state index is 1.18. The first-order chi connectivity index (χ1) is 22.2. The normalized spacial score (nSPS) is 11.7. The van der Waals surface area contributed by atoms with Crippen LogP contribution >= 0.6 is 0 Å². The van der Waals surface area contributed by atoms with Crippen molar-refractivity contribution >= 4 is 43.6 Å². The first-order valence-electron chi connectivity index (χ1n) is 15.5. The molecule has 0 N–H and O–H groups in total. The Morgan fingerprint density at radius 3 is 1.18 bits per heavy atom. The molecule has 0 saturated carbocycles. The standard InChI is InChI=1S/C43H30N2/c1-29-24-32(30-20-22-42-38(27-30)36-16-8-10-18-40(36)44(42)34-12-4-2-5-13-34)26-33(25-29)31-21-23-43-39(28-31)37-17-9-11-19-41(37)45(43)35-14-6-3-7-15-35/h2-28H,1H3. The van der Waals surface area contributed by atoms with Crippen LogP contribution in [0.15, 0.2) is 164 Å². The Balaban J connectivity index is 1.20. The fourth-order valence-electron chi connectivity index (χ4n) is 7.13. The van der Waals surface area contributed by atoms with Gasteiger partial charge in [-0.15, -0.1) is 0 Å². The highest BCUT2D eigenvalue weighted by atomic mass is 15.0. The smallest absolute Gasteiger partial charge is 0.0541 e. The monoisotopic (exact) mass is 574 g/mol. The van der Waals surface area contributed by atoms with E-state index in [0.717, 1.165) is 0 Å². The van der Waals surface area contributed by atoms with Crippen LogP contribution in [0.4, 0.5) is 0 Å². The van der Waals surface area contributed by atoms with E-state index in [2.05, 4.69) is 180 Å². The molecule has 2 heterocycles. The van der Waals surface area contributed by atoms with Crippen molar-refractivity contribution in [2.24, 2.45) is 0 Å². The molecule has 2 nitrogen and oxygen atoms in total. The summed E-state index contributed by atoms with van der Waals surface area (Å²) in [6, 6.07) is 59.6. The summed E-state index contributed by atoms with van der Waals surface area (Å²) < 4.78 is 4.74. The Morgan fingerprint density at radius 1 is 0.311 bits per heavy atom. The van der Waals surface area contributed by atoms with Crippen LogP contribution in [-0.2, 0) is 0 Å². The van der Waals surface area contributed by atoms with Gasteiger partial charge in [0.1, 0.15) is 0 Å². The summed E-state index contributed by atoms with van der Waals surface area (Å²) >= 11 is 0. The van der Waals surface area contributed by atoms with Crippen LogP contribution in [0.5, 0.6) is 0 Å². The molecular weight excluding hydrogens is 544 g/mol. The van der Waals surface area contributed by atoms with Crippen LogP contribution in [0.25, 0.3) is 77.2 Å². The molecule has 212 valence electrons. The van der Waals surface area contributed by atoms with Gasteiger partial charge in [0, 0.05) is 32.9 Å². The van der Waals surface area contributed by atoms with Crippen LogP contribution in [0, 0.1) is 6.92 Å². The maximum atomic E-state index is 2.37. The third-order valence-corrected chi connectivity index (χ3v) is 9.12. The van der Waals surface area contributed by atoms with Gasteiger partial charge in [-0.1, -0.05) is 97.1 Å². The lowest BCUT2D eigenvalue weighted by Gasteiger charge is -2.11. The van der Waals surface area contributed by atoms with Gasteiger partial charge < -0.3 is 9.13 Å². The Labute approximate surface area is 262 Å². The predicted octanol–water partition coefficient (Wildman–Crippen LogP) is 11.5. The van der Waals surface area contributed by atoms with Crippen molar-refractivity contribution in [3.63, 3.8) is 0 Å². The van der Waals surface area contributed by atoms with Crippen LogP contribution in [-0.4, -0.2) is 9.13 Å². The summed E-state index contributed by atoms with van der Waals surface area (Å²) in [5, 5.41) is 5.08. The molecule has 0 bridgehead atoms. The molecule has 45 heavy (non-hydrogen) atoms. The molecule has 0 saturated heterocycles. The van der Waals surface area contributed by atoms with Crippen molar-refractivity contribution in [2.75, 3.05) is 0 Å². The molecule has 0 aliphatic rings. The summed E-state index contributed by atoms with van der Waals surface area (Å²) in [5.74, 6) is 0. The second-order valence-electron chi connectivity index (χ2n) is 11.9. The summed E-state index contributed by atoms with van der Waals surface area (Å²) in [4.78, 5) is 0. The van der Waals surface area contributed by atoms with E-state index in [9.17, 15) is 0 Å². The number of hydrogen-bond donors (Lipinski definition) is 0. The van der Waals surface area contributed by atoms with Crippen LogP contribution < -0.4 is 0 Å². The topological polar surface area (TPSA) is 9.86 Å². The molecular formula is C43H30N2. The van der Waals surface area contributed by atoms with Gasteiger partial charge in [-0.2, -0.15) is 0 Å². The molecule has 0 unspecified atom stereocenters. The SMILES string of the molecule is Cc1cc(-c2ccc3c(c2)c2ccccc2n3-c2ccccc2)cc(-c2ccc3c(c2)c2ccccc2n3-c2ccccc2)c1. The minimum absolute atomic E-state index is 1.18. The van der Waals surface area contributed by atoms with E-state index in [0.29, 0.717) is 0 Å². The van der Waals surface area contributed by atoms with Crippen molar-refractivity contribution in [1.29, 1.82) is 0 Å². The molecule has 7 aromatic carbocycles. The summed E-state index contributed by atoms with van der Waals surface area (Å²) in [6.07, 6.45) is 0. The fourth-order valence-corrected chi connectivity index (χ4v) is 7.13. The van der Waals surface area contributed by atoms with E-state index in [-0.39, 0.29) is 0 Å². The number of fused-ring (bicyclic) bond motifs is 6. The van der Waals surface area contributed by atoms with Gasteiger partial charge in [0.2, 0.25) is 0 Å². The van der Waals surface area contributed by atoms with Crippen molar-refractivity contribution < 1.29 is 0 Å². The van der Waals surface area contributed by atoms with E-state index in [1.54, 1.807) is 0 Å². The number of nitrogens with zero attached hydrogens (tertiary/aromatic N) is 2. The molecule has 9 rings (SSSR count). The van der Waals surface area contributed by atoms with Gasteiger partial charge in [0.25, 0.3) is 0 Å². The number of para-hydroxylation sites is 4. The largest absolute Gasteiger partial charge is 0.309 e. The van der Waals surface area contributed by atoms with Crippen molar-refractivity contribution in [3.8, 4) is 33.6 Å². The summed E-state index contributed by atoms with van der Waals surface area (Å²) in [5.41, 5.74) is 13.4. The second kappa shape index (κ2) is 10.1. The van der Waals surface area contributed by atoms with Gasteiger partial charge in [-0.3, -0.25) is 0 Å². The van der Waals surface area contributed by atoms with E-state index in [4.69, 9.17) is 0 Å². The molecule has 0 atom stereocenters. The van der Waals surface area contributed by atoms with E-state index in [1.807, 2.05) is 0 Å². The maximum absolute atomic E-state index is 2.37. The third kappa shape index (κ3) is 4.11. The van der Waals surface area contributed by atoms with Gasteiger partial charge in [0.05, 0.1) is 22.1 Å². The van der Waals surface area contributed by atoms with Crippen molar-refractivity contribution in [3.05, 3.63) is 169 Å². The zero-order chi connectivity index (χ0) is 29.9. The number of benzene rings is 7. The zero-order valence-electron chi connectivity index (χ0n) is 25.0. The summed E-state index contributed by atoms with van der Waals surface area (Å²) in [6.45, 7) is 2.20. The van der Waals surface area contributed by atoms with E-state index < -0.39 is 0 Å². The first kappa shape index (κ1) is 25.6. The predicted molar refractivity (Wildman–Crippen MR) is 191 cm³/mol. The maximum Gasteiger partial charge on any atom is 0.0541 e. The third-order valence-electron chi connectivity index (χ3n) is 9.12. The molecule has 0 amide bonds. The number of aromatic nitrogens is 2. The van der Waals surface area contributed by atoms with Gasteiger partial charge in [0.15, 0.2) is 0 Å². The Hall–Kier alpha value is -5.86. The van der Waals surface area contributed by atoms with Gasteiger partial charge >= 0.3 is 0 Å². The lowest BCUT2D eigenvalue weighted by Crippen LogP contribution is -1.93. The lowest BCUT2D eigenvalue weighted by atomic mass is 9.95. The average Bonchev–Trinajstić information content (AvgIpc) is 3.61. The molecule has 0 radical (unpaired) electrons. The molecule has 0 aliphatic heterocycles. The first-order valence-corrected chi connectivity index (χ1v) is 15.5. The zero-order valence-corrected chi connectivity index (χ0v) is 25.0. The van der Waals surface area contributed by atoms with Crippen LogP contribution in [0.3, 0.4) is 0 Å². The molecule has 9 aromatic rings. The molecule has 0 fully saturated rings. The molecule has 2 aromatic heterocycles. The Kier molecular flexibility index (Phi) is 5.76. The van der Waals surface area contributed by atoms with Crippen molar-refractivity contribution in [2.45, 2.75) is 6.92 Å². The molecule has 0 aliphatic carbocycles. The number of aryl methyl sites for hydroxylation is 1. The average molecular weight is 575 g/mol. The number of hydrogen-bond acceptors (Lipinski definition) is 0. The molecule has 2 heteroatoms. The lowest BCUT2D eigenvalue weighted by molar-refractivity contribution is 1.18. The van der Waals surface area contributed by atoms with E-state index >= 15 is 0 Å². The Bertz CT molecular complexity index is 2360. The van der Waals surface area contributed by atoms with Crippen molar-refractivity contribution in [1.82, 2.24) is 9.13 Å². The van der Waals surface area contributed by atoms with Crippen LogP contribution in [0.2, 0.25) is 0 Å². The minimum Gasteiger partial charge on any atom is -0.309 e. The quantitative estimate of drug-likeness (QED) is 0.198. The number of rotatable bonds is 4. The molecule has 0 spiro atoms. The highest BCUT2D eigenvalue weighted by Gasteiger charge is 2.15. The van der Waals surface area contributed by atoms with E-state index in [1.165, 1.54) is 82.8 Å². The van der Waals surface area contributed by atoms with Gasteiger partial charge in [-0.05, 0) is 101 Å². The van der Waals surface area contributed by atoms with Crippen LogP contribution in [0.1, 0.15) is 5.56 Å².